The highest BCUT2D eigenvalue weighted by atomic mass is 31.2. The van der Waals surface area contributed by atoms with Crippen molar-refractivity contribution in [2.75, 3.05) is 25.8 Å². The van der Waals surface area contributed by atoms with Crippen LogP contribution in [0.5, 0.6) is 5.75 Å². The molecule has 0 aliphatic carbocycles. The molecule has 39 heavy (non-hydrogen) atoms. The number of esters is 1. The van der Waals surface area contributed by atoms with Crippen molar-refractivity contribution in [2.24, 2.45) is 0 Å². The number of benzene rings is 2. The van der Waals surface area contributed by atoms with Gasteiger partial charge in [-0.05, 0) is 31.4 Å². The molecule has 0 spiro atoms. The summed E-state index contributed by atoms with van der Waals surface area (Å²) in [6.45, 7) is 1.42. The van der Waals surface area contributed by atoms with Gasteiger partial charge in [0.25, 0.3) is 0 Å². The number of halogens is 3. The minimum atomic E-state index is -1.88. The van der Waals surface area contributed by atoms with Crippen LogP contribution in [0.2, 0.25) is 0 Å². The molecule has 1 saturated heterocycles. The van der Waals surface area contributed by atoms with Gasteiger partial charge in [0.1, 0.15) is 36.6 Å². The number of nitrogens with one attached hydrogen (secondary N) is 1. The Morgan fingerprint density at radius 1 is 1.23 bits per heavy atom. The number of nitrogen functional groups attached to an aromatic ring is 1. The van der Waals surface area contributed by atoms with Crippen molar-refractivity contribution in [3.63, 3.8) is 0 Å². The Hall–Kier alpha value is -3.25. The van der Waals surface area contributed by atoms with Crippen LogP contribution in [0.4, 0.5) is 19.0 Å². The van der Waals surface area contributed by atoms with Gasteiger partial charge in [-0.3, -0.25) is 9.36 Å². The maximum Gasteiger partial charge on any atom is 0.351 e. The highest BCUT2D eigenvalue weighted by molar-refractivity contribution is 7.45. The van der Waals surface area contributed by atoms with Crippen molar-refractivity contribution in [1.29, 1.82) is 0 Å². The van der Waals surface area contributed by atoms with Crippen LogP contribution in [0.15, 0.2) is 59.5 Å². The van der Waals surface area contributed by atoms with Gasteiger partial charge in [0.15, 0.2) is 0 Å². The van der Waals surface area contributed by atoms with E-state index in [9.17, 15) is 22.8 Å². The van der Waals surface area contributed by atoms with E-state index in [1.807, 2.05) is 36.4 Å². The summed E-state index contributed by atoms with van der Waals surface area (Å²) in [4.78, 5) is 27.8. The zero-order valence-electron chi connectivity index (χ0n) is 21.3. The summed E-state index contributed by atoms with van der Waals surface area (Å²) in [5.74, 6) is 0.146. The highest BCUT2D eigenvalue weighted by Crippen LogP contribution is 2.40. The summed E-state index contributed by atoms with van der Waals surface area (Å²) in [5.41, 5.74) is 4.90. The lowest BCUT2D eigenvalue weighted by molar-refractivity contribution is -0.145. The third-order valence-corrected chi connectivity index (χ3v) is 6.49. The summed E-state index contributed by atoms with van der Waals surface area (Å²) in [6, 6.07) is 14.7. The van der Waals surface area contributed by atoms with Gasteiger partial charge < -0.3 is 24.3 Å². The zero-order chi connectivity index (χ0) is 28.4. The number of anilines is 1. The number of rotatable bonds is 10. The molecule has 4 unspecified atom stereocenters. The molecular formula is C25H30F3N4O6P. The molecule has 2 heterocycles. The first kappa shape index (κ1) is 30.3. The van der Waals surface area contributed by atoms with Gasteiger partial charge in [0, 0.05) is 18.0 Å². The molecule has 2 aromatic carbocycles. The van der Waals surface area contributed by atoms with Gasteiger partial charge in [0.05, 0.1) is 12.7 Å². The molecule has 0 saturated carbocycles. The van der Waals surface area contributed by atoms with Crippen LogP contribution in [0, 0.1) is 0 Å². The highest BCUT2D eigenvalue weighted by Gasteiger charge is 2.38. The number of alkyl halides is 3. The third-order valence-electron chi connectivity index (χ3n) is 5.33. The average molecular weight is 571 g/mol. The Labute approximate surface area is 224 Å². The fourth-order valence-electron chi connectivity index (χ4n) is 3.70. The minimum absolute atomic E-state index is 0.0459. The van der Waals surface area contributed by atoms with Gasteiger partial charge in [-0.25, -0.2) is 23.1 Å². The largest absolute Gasteiger partial charge is 0.462 e. The molecule has 1 fully saturated rings. The van der Waals surface area contributed by atoms with Crippen LogP contribution in [0.3, 0.4) is 0 Å². The van der Waals surface area contributed by atoms with Crippen LogP contribution in [0.25, 0.3) is 10.8 Å². The molecule has 1 aliphatic heterocycles. The number of carbonyl (C=O) groups excluding carboxylic acids is 1. The van der Waals surface area contributed by atoms with E-state index in [2.05, 4.69) is 10.1 Å². The molecule has 0 bridgehead atoms. The molecule has 4 rings (SSSR count). The molecule has 14 heteroatoms. The maximum absolute atomic E-state index is 14.8. The molecule has 3 aromatic rings. The van der Waals surface area contributed by atoms with Crippen LogP contribution >= 0.6 is 8.53 Å². The number of ether oxygens (including phenoxy) is 2. The van der Waals surface area contributed by atoms with E-state index in [-0.39, 0.29) is 31.5 Å². The second kappa shape index (κ2) is 14.8. The SMILES string of the molecule is CC(C)OC(=O)CNP(OCC1OC(n2ccc(N)nc2=O)CC1F)Oc1cccc2ccccc12.FCF. The Kier molecular flexibility index (Phi) is 11.5. The van der Waals surface area contributed by atoms with E-state index in [1.54, 1.807) is 19.9 Å². The van der Waals surface area contributed by atoms with E-state index >= 15 is 0 Å². The number of hydrogen-bond donors (Lipinski definition) is 2. The number of carbonyl (C=O) groups is 1. The molecule has 1 aromatic heterocycles. The first-order valence-electron chi connectivity index (χ1n) is 12.0. The standard InChI is InChI=1S/C24H28FN4O6P.CH2F2/c1-15(2)33-23(30)13-27-36(35-19-9-5-7-16-6-3-4-8-17(16)19)32-14-20-18(25)12-22(34-20)29-11-10-21(26)28-24(29)31;2-1-3/h3-11,15,18,20,22,27H,12-14H2,1-2H3,(H2,26,28,31);1H2. The van der Waals surface area contributed by atoms with Gasteiger partial charge in [-0.1, -0.05) is 36.4 Å². The van der Waals surface area contributed by atoms with E-state index in [0.717, 1.165) is 10.8 Å². The third kappa shape index (κ3) is 8.89. The monoisotopic (exact) mass is 570 g/mol. The van der Waals surface area contributed by atoms with E-state index in [0.29, 0.717) is 5.75 Å². The Morgan fingerprint density at radius 2 is 1.95 bits per heavy atom. The van der Waals surface area contributed by atoms with Gasteiger partial charge in [0.2, 0.25) is 6.93 Å². The van der Waals surface area contributed by atoms with E-state index in [1.165, 1.54) is 16.8 Å². The lowest BCUT2D eigenvalue weighted by Crippen LogP contribution is -2.29. The molecule has 4 atom stereocenters. The van der Waals surface area contributed by atoms with Crippen LogP contribution in [-0.4, -0.2) is 54.0 Å². The topological polar surface area (TPSA) is 127 Å². The Morgan fingerprint density at radius 3 is 2.67 bits per heavy atom. The van der Waals surface area contributed by atoms with Crippen molar-refractivity contribution in [3.8, 4) is 5.75 Å². The Balaban J connectivity index is 0.00000134. The first-order valence-corrected chi connectivity index (χ1v) is 13.2. The smallest absolute Gasteiger partial charge is 0.351 e. The van der Waals surface area contributed by atoms with Crippen LogP contribution in [-0.2, 0) is 18.8 Å². The molecule has 3 N–H and O–H groups in total. The van der Waals surface area contributed by atoms with Gasteiger partial charge in [-0.15, -0.1) is 0 Å². The average Bonchev–Trinajstić information content (AvgIpc) is 3.25. The van der Waals surface area contributed by atoms with Crippen molar-refractivity contribution < 1.29 is 36.5 Å². The predicted octanol–water partition coefficient (Wildman–Crippen LogP) is 4.35. The fraction of sp³-hybridized carbons (Fsp3) is 0.400. The minimum Gasteiger partial charge on any atom is -0.462 e. The van der Waals surface area contributed by atoms with Gasteiger partial charge >= 0.3 is 20.2 Å². The molecule has 10 nitrogen and oxygen atoms in total. The molecule has 0 amide bonds. The lowest BCUT2D eigenvalue weighted by Gasteiger charge is -2.22. The molecule has 1 aliphatic rings. The van der Waals surface area contributed by atoms with Crippen molar-refractivity contribution in [3.05, 3.63) is 65.2 Å². The zero-order valence-corrected chi connectivity index (χ0v) is 22.2. The number of fused-ring (bicyclic) bond motifs is 1. The fourth-order valence-corrected chi connectivity index (χ4v) is 4.79. The lowest BCUT2D eigenvalue weighted by atomic mass is 10.1. The second-order valence-corrected chi connectivity index (χ2v) is 9.79. The van der Waals surface area contributed by atoms with E-state index in [4.69, 9.17) is 24.3 Å². The number of nitrogens with two attached hydrogens (primary N) is 1. The van der Waals surface area contributed by atoms with Crippen molar-refractivity contribution in [1.82, 2.24) is 14.6 Å². The number of nitrogens with zero attached hydrogens (tertiary/aromatic N) is 2. The summed E-state index contributed by atoms with van der Waals surface area (Å²) < 4.78 is 58.1. The van der Waals surface area contributed by atoms with Crippen molar-refractivity contribution >= 4 is 31.1 Å². The van der Waals surface area contributed by atoms with Gasteiger partial charge in [-0.2, -0.15) is 4.98 Å². The van der Waals surface area contributed by atoms with E-state index < -0.39 is 45.6 Å². The molecule has 0 radical (unpaired) electrons. The van der Waals surface area contributed by atoms with Crippen molar-refractivity contribution in [2.45, 2.75) is 44.9 Å². The summed E-state index contributed by atoms with van der Waals surface area (Å²) in [6.07, 6.45) is -2.08. The normalized spacial score (nSPS) is 19.4. The quantitative estimate of drug-likeness (QED) is 0.270. The number of hydrogen-bond acceptors (Lipinski definition) is 9. The summed E-state index contributed by atoms with van der Waals surface area (Å²) in [5, 5.41) is 4.75. The summed E-state index contributed by atoms with van der Waals surface area (Å²) in [7, 11) is -1.88. The maximum atomic E-state index is 14.8. The molecular weight excluding hydrogens is 540 g/mol. The number of aromatic nitrogens is 2. The molecule has 212 valence electrons. The van der Waals surface area contributed by atoms with Crippen LogP contribution < -0.4 is 21.0 Å². The summed E-state index contributed by atoms with van der Waals surface area (Å²) >= 11 is 0. The first-order chi connectivity index (χ1) is 18.7. The van der Waals surface area contributed by atoms with Crippen LogP contribution in [0.1, 0.15) is 26.5 Å². The predicted molar refractivity (Wildman–Crippen MR) is 140 cm³/mol. The second-order valence-electron chi connectivity index (χ2n) is 8.52. The Bertz CT molecular complexity index is 1280.